The molecular formula is C13H12N2O4S2. The second-order valence-corrected chi connectivity index (χ2v) is 7.20. The molecule has 2 N–H and O–H groups in total. The summed E-state index contributed by atoms with van der Waals surface area (Å²) in [6.45, 7) is 0.322. The average Bonchev–Trinajstić information content (AvgIpc) is 3.05. The maximum absolute atomic E-state index is 12.2. The van der Waals surface area contributed by atoms with Gasteiger partial charge < -0.3 is 4.42 Å². The first kappa shape index (κ1) is 14.1. The van der Waals surface area contributed by atoms with Crippen LogP contribution in [0.4, 0.5) is 0 Å². The monoisotopic (exact) mass is 324 g/mol. The second-order valence-electron chi connectivity index (χ2n) is 4.40. The number of hydrogen-bond acceptors (Lipinski definition) is 5. The van der Waals surface area contributed by atoms with Gasteiger partial charge in [-0.3, -0.25) is 4.98 Å². The lowest BCUT2D eigenvalue weighted by molar-refractivity contribution is 0.555. The van der Waals surface area contributed by atoms with Crippen LogP contribution in [0.25, 0.3) is 11.1 Å². The Morgan fingerprint density at radius 3 is 2.90 bits per heavy atom. The summed E-state index contributed by atoms with van der Waals surface area (Å²) < 4.78 is 31.7. The van der Waals surface area contributed by atoms with Crippen molar-refractivity contribution in [2.24, 2.45) is 0 Å². The molecule has 0 bridgehead atoms. The summed E-state index contributed by atoms with van der Waals surface area (Å²) in [4.78, 5) is 14.7. The molecule has 0 saturated carbocycles. The highest BCUT2D eigenvalue weighted by Crippen LogP contribution is 2.16. The van der Waals surface area contributed by atoms with Crippen LogP contribution in [0, 0.1) is 0 Å². The Kier molecular flexibility index (Phi) is 3.66. The van der Waals surface area contributed by atoms with Gasteiger partial charge in [-0.25, -0.2) is 17.9 Å². The smallest absolute Gasteiger partial charge is 0.408 e. The van der Waals surface area contributed by atoms with Crippen LogP contribution in [0.15, 0.2) is 49.8 Å². The highest BCUT2D eigenvalue weighted by molar-refractivity contribution is 7.89. The van der Waals surface area contributed by atoms with Crippen LogP contribution in [-0.4, -0.2) is 19.9 Å². The lowest BCUT2D eigenvalue weighted by Gasteiger charge is -2.05. The van der Waals surface area contributed by atoms with E-state index in [1.165, 1.54) is 18.2 Å². The average molecular weight is 324 g/mol. The zero-order valence-corrected chi connectivity index (χ0v) is 12.5. The largest absolute Gasteiger partial charge is 0.417 e. The Bertz CT molecular complexity index is 907. The van der Waals surface area contributed by atoms with Crippen molar-refractivity contribution in [2.75, 3.05) is 6.54 Å². The lowest BCUT2D eigenvalue weighted by atomic mass is 10.3. The molecule has 0 atom stereocenters. The Morgan fingerprint density at radius 1 is 1.29 bits per heavy atom. The maximum atomic E-state index is 12.2. The Balaban J connectivity index is 1.77. The molecule has 0 saturated heterocycles. The predicted molar refractivity (Wildman–Crippen MR) is 80.0 cm³/mol. The number of rotatable bonds is 5. The van der Waals surface area contributed by atoms with Crippen molar-refractivity contribution in [1.82, 2.24) is 9.71 Å². The normalized spacial score (nSPS) is 12.0. The number of thiophene rings is 1. The number of aromatic amines is 1. The van der Waals surface area contributed by atoms with E-state index >= 15 is 0 Å². The third kappa shape index (κ3) is 3.07. The maximum Gasteiger partial charge on any atom is 0.417 e. The third-order valence-corrected chi connectivity index (χ3v) is 5.34. The zero-order valence-electron chi connectivity index (χ0n) is 10.8. The van der Waals surface area contributed by atoms with Gasteiger partial charge in [0.15, 0.2) is 5.58 Å². The number of H-pyrrole nitrogens is 1. The highest BCUT2D eigenvalue weighted by Gasteiger charge is 2.15. The number of nitrogens with one attached hydrogen (secondary N) is 2. The van der Waals surface area contributed by atoms with E-state index in [-0.39, 0.29) is 4.90 Å². The minimum atomic E-state index is -3.60. The molecule has 1 aromatic carbocycles. The van der Waals surface area contributed by atoms with Crippen molar-refractivity contribution in [2.45, 2.75) is 11.3 Å². The molecule has 3 rings (SSSR count). The van der Waals surface area contributed by atoms with Gasteiger partial charge in [-0.1, -0.05) is 6.07 Å². The van der Waals surface area contributed by atoms with Crippen LogP contribution < -0.4 is 10.5 Å². The fraction of sp³-hybridized carbons (Fsp3) is 0.154. The van der Waals surface area contributed by atoms with Gasteiger partial charge in [-0.15, -0.1) is 11.3 Å². The van der Waals surface area contributed by atoms with E-state index < -0.39 is 15.8 Å². The Labute approximate surface area is 124 Å². The topological polar surface area (TPSA) is 92.2 Å². The summed E-state index contributed by atoms with van der Waals surface area (Å²) >= 11 is 1.59. The van der Waals surface area contributed by atoms with Crippen molar-refractivity contribution >= 4 is 32.5 Å². The fourth-order valence-corrected chi connectivity index (χ4v) is 3.71. The van der Waals surface area contributed by atoms with E-state index in [2.05, 4.69) is 9.71 Å². The molecule has 0 aliphatic carbocycles. The molecule has 0 fully saturated rings. The van der Waals surface area contributed by atoms with Crippen molar-refractivity contribution in [3.05, 3.63) is 51.1 Å². The number of oxazole rings is 1. The van der Waals surface area contributed by atoms with Gasteiger partial charge >= 0.3 is 5.76 Å². The number of fused-ring (bicyclic) bond motifs is 1. The summed E-state index contributed by atoms with van der Waals surface area (Å²) in [6.07, 6.45) is 0.641. The Hall–Kier alpha value is -1.90. The van der Waals surface area contributed by atoms with Gasteiger partial charge in [0.2, 0.25) is 10.0 Å². The molecule has 0 amide bonds. The summed E-state index contributed by atoms with van der Waals surface area (Å²) in [6, 6.07) is 8.14. The first-order valence-electron chi connectivity index (χ1n) is 6.19. The molecule has 2 heterocycles. The van der Waals surface area contributed by atoms with Crippen LogP contribution in [0.1, 0.15) is 4.88 Å². The van der Waals surface area contributed by atoms with E-state index in [9.17, 15) is 13.2 Å². The van der Waals surface area contributed by atoms with Gasteiger partial charge in [0.1, 0.15) is 0 Å². The first-order chi connectivity index (χ1) is 10.0. The standard InChI is InChI=1S/C13H12N2O4S2/c16-13-15-11-8-10(3-4-12(11)19-13)21(17,18)14-6-5-9-2-1-7-20-9/h1-4,7-8,14H,5-6H2,(H,15,16). The van der Waals surface area contributed by atoms with E-state index in [4.69, 9.17) is 4.42 Å². The molecule has 0 spiro atoms. The van der Waals surface area contributed by atoms with E-state index in [1.807, 2.05) is 17.5 Å². The molecule has 2 aromatic heterocycles. The van der Waals surface area contributed by atoms with Crippen LogP contribution in [-0.2, 0) is 16.4 Å². The molecular weight excluding hydrogens is 312 g/mol. The SMILES string of the molecule is O=c1[nH]c2cc(S(=O)(=O)NCCc3cccs3)ccc2o1. The highest BCUT2D eigenvalue weighted by atomic mass is 32.2. The minimum Gasteiger partial charge on any atom is -0.408 e. The van der Waals surface area contributed by atoms with Crippen molar-refractivity contribution < 1.29 is 12.8 Å². The van der Waals surface area contributed by atoms with Gasteiger partial charge in [0, 0.05) is 11.4 Å². The zero-order chi connectivity index (χ0) is 14.9. The molecule has 0 aliphatic heterocycles. The van der Waals surface area contributed by atoms with Crippen molar-refractivity contribution in [3.63, 3.8) is 0 Å². The Morgan fingerprint density at radius 2 is 2.14 bits per heavy atom. The fourth-order valence-electron chi connectivity index (χ4n) is 1.95. The van der Waals surface area contributed by atoms with E-state index in [0.717, 1.165) is 4.88 Å². The van der Waals surface area contributed by atoms with Crippen LogP contribution in [0.5, 0.6) is 0 Å². The molecule has 0 unspecified atom stereocenters. The predicted octanol–water partition coefficient (Wildman–Crippen LogP) is 1.70. The quantitative estimate of drug-likeness (QED) is 0.747. The summed E-state index contributed by atoms with van der Waals surface area (Å²) in [7, 11) is -3.60. The van der Waals surface area contributed by atoms with Gasteiger partial charge in [0.05, 0.1) is 10.4 Å². The summed E-state index contributed by atoms with van der Waals surface area (Å²) in [5, 5.41) is 1.95. The third-order valence-electron chi connectivity index (χ3n) is 2.94. The van der Waals surface area contributed by atoms with Gasteiger partial charge in [-0.05, 0) is 36.1 Å². The molecule has 110 valence electrons. The van der Waals surface area contributed by atoms with E-state index in [0.29, 0.717) is 24.1 Å². The van der Waals surface area contributed by atoms with Gasteiger partial charge in [-0.2, -0.15) is 0 Å². The molecule has 6 nitrogen and oxygen atoms in total. The molecule has 21 heavy (non-hydrogen) atoms. The first-order valence-corrected chi connectivity index (χ1v) is 8.56. The lowest BCUT2D eigenvalue weighted by Crippen LogP contribution is -2.25. The number of benzene rings is 1. The van der Waals surface area contributed by atoms with Crippen LogP contribution in [0.3, 0.4) is 0 Å². The van der Waals surface area contributed by atoms with Crippen molar-refractivity contribution in [3.8, 4) is 0 Å². The molecule has 0 radical (unpaired) electrons. The van der Waals surface area contributed by atoms with Crippen LogP contribution >= 0.6 is 11.3 Å². The minimum absolute atomic E-state index is 0.0956. The van der Waals surface area contributed by atoms with Crippen molar-refractivity contribution in [1.29, 1.82) is 0 Å². The van der Waals surface area contributed by atoms with Crippen LogP contribution in [0.2, 0.25) is 0 Å². The number of hydrogen-bond donors (Lipinski definition) is 2. The molecule has 3 aromatic rings. The van der Waals surface area contributed by atoms with Gasteiger partial charge in [0.25, 0.3) is 0 Å². The molecule has 8 heteroatoms. The molecule has 0 aliphatic rings. The van der Waals surface area contributed by atoms with E-state index in [1.54, 1.807) is 11.3 Å². The number of sulfonamides is 1. The summed E-state index contributed by atoms with van der Waals surface area (Å²) in [5.41, 5.74) is 0.693. The summed E-state index contributed by atoms with van der Waals surface area (Å²) in [5.74, 6) is -0.606. The number of aromatic nitrogens is 1. The second kappa shape index (κ2) is 5.47.